The molecule has 0 spiro atoms. The van der Waals surface area contributed by atoms with Crippen molar-refractivity contribution in [3.8, 4) is 5.75 Å². The summed E-state index contributed by atoms with van der Waals surface area (Å²) >= 11 is 1.75. The monoisotopic (exact) mass is 495 g/mol. The van der Waals surface area contributed by atoms with Gasteiger partial charge >= 0.3 is 6.36 Å². The van der Waals surface area contributed by atoms with Crippen LogP contribution in [0.1, 0.15) is 42.5 Å². The van der Waals surface area contributed by atoms with E-state index in [0.29, 0.717) is 12.0 Å². The molecule has 1 heterocycles. The maximum Gasteiger partial charge on any atom is 0.573 e. The van der Waals surface area contributed by atoms with E-state index in [2.05, 4.69) is 65.2 Å². The third-order valence-electron chi connectivity index (χ3n) is 5.88. The first-order valence-corrected chi connectivity index (χ1v) is 12.6. The molecular formula is C29H28F3NOS. The Labute approximate surface area is 208 Å². The molecule has 3 aromatic carbocycles. The average Bonchev–Trinajstić information content (AvgIpc) is 2.82. The first-order valence-electron chi connectivity index (χ1n) is 11.8. The van der Waals surface area contributed by atoms with E-state index in [4.69, 9.17) is 0 Å². The summed E-state index contributed by atoms with van der Waals surface area (Å²) < 4.78 is 41.9. The minimum Gasteiger partial charge on any atom is -0.406 e. The second-order valence-electron chi connectivity index (χ2n) is 8.63. The summed E-state index contributed by atoms with van der Waals surface area (Å²) in [6.07, 6.45) is 2.42. The summed E-state index contributed by atoms with van der Waals surface area (Å²) in [7, 11) is 0. The molecule has 0 aliphatic rings. The molecule has 0 radical (unpaired) electrons. The van der Waals surface area contributed by atoms with Crippen LogP contribution in [0.5, 0.6) is 5.75 Å². The van der Waals surface area contributed by atoms with Gasteiger partial charge in [-0.15, -0.1) is 13.2 Å². The van der Waals surface area contributed by atoms with Crippen molar-refractivity contribution < 1.29 is 17.9 Å². The highest BCUT2D eigenvalue weighted by molar-refractivity contribution is 7.99. The third kappa shape index (κ3) is 7.49. The highest BCUT2D eigenvalue weighted by Crippen LogP contribution is 2.31. The standard InChI is InChI=1S/C29H28F3NOS/c1-21-12-14-24(15-13-21)35-25-16-17-26-23(20-25)18-19-33-27(26)10-5-3-2-4-8-22-9-6-7-11-28(22)34-29(30,31)32/h6-7,9,11-20H,2-5,8,10H2,1H3. The molecule has 0 fully saturated rings. The van der Waals surface area contributed by atoms with Crippen LogP contribution in [0.3, 0.4) is 0 Å². The molecule has 2 nitrogen and oxygen atoms in total. The van der Waals surface area contributed by atoms with Gasteiger partial charge in [0.1, 0.15) is 5.75 Å². The maximum atomic E-state index is 12.6. The fraction of sp³-hybridized carbons (Fsp3) is 0.276. The summed E-state index contributed by atoms with van der Waals surface area (Å²) in [6, 6.07) is 23.5. The largest absolute Gasteiger partial charge is 0.573 e. The number of alkyl halides is 3. The zero-order valence-electron chi connectivity index (χ0n) is 19.6. The van der Waals surface area contributed by atoms with Gasteiger partial charge in [-0.3, -0.25) is 4.98 Å². The van der Waals surface area contributed by atoms with Gasteiger partial charge in [-0.25, -0.2) is 0 Å². The van der Waals surface area contributed by atoms with Crippen LogP contribution in [0.4, 0.5) is 13.2 Å². The Balaban J connectivity index is 1.28. The molecule has 0 bridgehead atoms. The number of nitrogens with zero attached hydrogens (tertiary/aromatic N) is 1. The predicted octanol–water partition coefficient (Wildman–Crippen LogP) is 8.94. The van der Waals surface area contributed by atoms with Crippen molar-refractivity contribution >= 4 is 22.5 Å². The minimum atomic E-state index is -4.66. The van der Waals surface area contributed by atoms with Gasteiger partial charge in [0.15, 0.2) is 0 Å². The van der Waals surface area contributed by atoms with Crippen molar-refractivity contribution in [3.63, 3.8) is 0 Å². The summed E-state index contributed by atoms with van der Waals surface area (Å²) in [5.74, 6) is -0.0973. The Kier molecular flexibility index (Phi) is 8.34. The number of aryl methyl sites for hydroxylation is 3. The fourth-order valence-corrected chi connectivity index (χ4v) is 4.99. The van der Waals surface area contributed by atoms with Gasteiger partial charge < -0.3 is 4.74 Å². The van der Waals surface area contributed by atoms with Crippen LogP contribution >= 0.6 is 11.8 Å². The van der Waals surface area contributed by atoms with Gasteiger partial charge in [0, 0.05) is 27.1 Å². The molecule has 35 heavy (non-hydrogen) atoms. The van der Waals surface area contributed by atoms with E-state index in [1.165, 1.54) is 32.2 Å². The number of ether oxygens (including phenoxy) is 1. The van der Waals surface area contributed by atoms with E-state index < -0.39 is 6.36 Å². The number of para-hydroxylation sites is 1. The van der Waals surface area contributed by atoms with Crippen molar-refractivity contribution in [2.45, 2.75) is 61.6 Å². The summed E-state index contributed by atoms with van der Waals surface area (Å²) in [5.41, 5.74) is 2.95. The van der Waals surface area contributed by atoms with Crippen molar-refractivity contribution in [2.75, 3.05) is 0 Å². The zero-order chi connectivity index (χ0) is 24.7. The molecule has 0 atom stereocenters. The first kappa shape index (κ1) is 25.1. The van der Waals surface area contributed by atoms with E-state index in [9.17, 15) is 13.2 Å². The number of hydrogen-bond acceptors (Lipinski definition) is 3. The normalized spacial score (nSPS) is 11.7. The predicted molar refractivity (Wildman–Crippen MR) is 136 cm³/mol. The molecule has 4 aromatic rings. The van der Waals surface area contributed by atoms with Crippen LogP contribution in [0.15, 0.2) is 88.8 Å². The van der Waals surface area contributed by atoms with Crippen LogP contribution in [0.2, 0.25) is 0 Å². The van der Waals surface area contributed by atoms with Crippen molar-refractivity contribution in [1.82, 2.24) is 4.98 Å². The molecule has 0 N–H and O–H groups in total. The number of fused-ring (bicyclic) bond motifs is 1. The lowest BCUT2D eigenvalue weighted by molar-refractivity contribution is -0.274. The van der Waals surface area contributed by atoms with E-state index in [0.717, 1.165) is 37.8 Å². The smallest absolute Gasteiger partial charge is 0.406 e. The molecule has 0 aliphatic heterocycles. The van der Waals surface area contributed by atoms with E-state index in [1.807, 2.05) is 6.20 Å². The lowest BCUT2D eigenvalue weighted by atomic mass is 10.0. The lowest BCUT2D eigenvalue weighted by Gasteiger charge is -2.13. The Morgan fingerprint density at radius 2 is 1.51 bits per heavy atom. The molecule has 0 saturated carbocycles. The Morgan fingerprint density at radius 1 is 0.800 bits per heavy atom. The second kappa shape index (κ2) is 11.6. The number of benzene rings is 3. The molecule has 6 heteroatoms. The topological polar surface area (TPSA) is 22.1 Å². The number of hydrogen-bond donors (Lipinski definition) is 0. The van der Waals surface area contributed by atoms with Gasteiger partial charge in [-0.1, -0.05) is 66.6 Å². The number of pyridine rings is 1. The molecule has 4 rings (SSSR count). The molecule has 0 unspecified atom stereocenters. The SMILES string of the molecule is Cc1ccc(Sc2ccc3c(CCCCCCc4ccccc4OC(F)(F)F)nccc3c2)cc1. The molecule has 0 saturated heterocycles. The van der Waals surface area contributed by atoms with Crippen LogP contribution in [0, 0.1) is 6.92 Å². The fourth-order valence-electron chi connectivity index (χ4n) is 4.12. The van der Waals surface area contributed by atoms with Crippen LogP contribution in [0.25, 0.3) is 10.8 Å². The van der Waals surface area contributed by atoms with Gasteiger partial charge in [0.2, 0.25) is 0 Å². The second-order valence-corrected chi connectivity index (χ2v) is 9.77. The number of aromatic nitrogens is 1. The maximum absolute atomic E-state index is 12.6. The molecule has 0 aliphatic carbocycles. The van der Waals surface area contributed by atoms with Crippen LogP contribution in [-0.4, -0.2) is 11.3 Å². The molecule has 1 aromatic heterocycles. The minimum absolute atomic E-state index is 0.0973. The number of rotatable bonds is 10. The van der Waals surface area contributed by atoms with E-state index >= 15 is 0 Å². The van der Waals surface area contributed by atoms with Crippen LogP contribution in [-0.2, 0) is 12.8 Å². The van der Waals surface area contributed by atoms with Crippen molar-refractivity contribution in [3.05, 3.63) is 95.8 Å². The number of unbranched alkanes of at least 4 members (excludes halogenated alkanes) is 3. The van der Waals surface area contributed by atoms with Gasteiger partial charge in [0.05, 0.1) is 0 Å². The lowest BCUT2D eigenvalue weighted by Crippen LogP contribution is -2.18. The average molecular weight is 496 g/mol. The Morgan fingerprint density at radius 3 is 2.29 bits per heavy atom. The Hall–Kier alpha value is -2.99. The first-order chi connectivity index (χ1) is 16.9. The van der Waals surface area contributed by atoms with Crippen molar-refractivity contribution in [2.24, 2.45) is 0 Å². The van der Waals surface area contributed by atoms with Gasteiger partial charge in [0.25, 0.3) is 0 Å². The molecule has 0 amide bonds. The highest BCUT2D eigenvalue weighted by Gasteiger charge is 2.31. The van der Waals surface area contributed by atoms with E-state index in [-0.39, 0.29) is 5.75 Å². The quantitative estimate of drug-likeness (QED) is 0.205. The van der Waals surface area contributed by atoms with Crippen molar-refractivity contribution in [1.29, 1.82) is 0 Å². The summed E-state index contributed by atoms with van der Waals surface area (Å²) in [6.45, 7) is 2.09. The van der Waals surface area contributed by atoms with E-state index in [1.54, 1.807) is 30.0 Å². The Bertz CT molecular complexity index is 1250. The summed E-state index contributed by atoms with van der Waals surface area (Å²) in [5, 5.41) is 2.37. The van der Waals surface area contributed by atoms with Crippen LogP contribution < -0.4 is 4.74 Å². The zero-order valence-corrected chi connectivity index (χ0v) is 20.5. The highest BCUT2D eigenvalue weighted by atomic mass is 32.2. The van der Waals surface area contributed by atoms with Gasteiger partial charge in [-0.05, 0) is 80.0 Å². The molecular weight excluding hydrogens is 467 g/mol. The summed E-state index contributed by atoms with van der Waals surface area (Å²) in [4.78, 5) is 7.03. The number of halogens is 3. The molecule has 182 valence electrons. The third-order valence-corrected chi connectivity index (χ3v) is 6.88. The van der Waals surface area contributed by atoms with Gasteiger partial charge in [-0.2, -0.15) is 0 Å².